The number of hydrogen-bond acceptors (Lipinski definition) is 3. The summed E-state index contributed by atoms with van der Waals surface area (Å²) in [6, 6.07) is 7.84. The second kappa shape index (κ2) is 6.10. The third-order valence-electron chi connectivity index (χ3n) is 3.31. The summed E-state index contributed by atoms with van der Waals surface area (Å²) in [4.78, 5) is 13.9. The first-order valence-corrected chi connectivity index (χ1v) is 6.75. The summed E-state index contributed by atoms with van der Waals surface area (Å²) in [6.45, 7) is 4.10. The van der Waals surface area contributed by atoms with Crippen molar-refractivity contribution in [3.63, 3.8) is 0 Å². The number of piperidine rings is 1. The maximum atomic E-state index is 11.6. The van der Waals surface area contributed by atoms with Crippen LogP contribution in [-0.2, 0) is 9.53 Å². The largest absolute Gasteiger partial charge is 0.466 e. The molecule has 0 amide bonds. The minimum atomic E-state index is -0.0479. The summed E-state index contributed by atoms with van der Waals surface area (Å²) < 4.78 is 5.06. The van der Waals surface area contributed by atoms with E-state index < -0.39 is 0 Å². The highest BCUT2D eigenvalue weighted by atomic mass is 35.5. The van der Waals surface area contributed by atoms with Gasteiger partial charge in [0.15, 0.2) is 0 Å². The second-order valence-electron chi connectivity index (χ2n) is 4.49. The summed E-state index contributed by atoms with van der Waals surface area (Å²) in [5.41, 5.74) is 1.17. The lowest BCUT2D eigenvalue weighted by molar-refractivity contribution is -0.148. The van der Waals surface area contributed by atoms with Crippen LogP contribution in [0, 0.1) is 5.92 Å². The molecule has 2 rings (SSSR count). The Labute approximate surface area is 113 Å². The van der Waals surface area contributed by atoms with Crippen LogP contribution in [0.1, 0.15) is 19.8 Å². The number of esters is 1. The predicted octanol–water partition coefficient (Wildman–Crippen LogP) is 3.12. The molecule has 1 saturated heterocycles. The lowest BCUT2D eigenvalue weighted by Gasteiger charge is -2.32. The molecule has 0 radical (unpaired) electrons. The molecule has 0 aromatic heterocycles. The Hall–Kier alpha value is -1.22. The molecule has 0 N–H and O–H groups in total. The summed E-state index contributed by atoms with van der Waals surface area (Å²) in [6.07, 6.45) is 1.73. The number of anilines is 1. The van der Waals surface area contributed by atoms with E-state index in [1.807, 2.05) is 31.2 Å². The highest BCUT2D eigenvalue weighted by Gasteiger charge is 2.25. The molecule has 3 nitrogen and oxygen atoms in total. The van der Waals surface area contributed by atoms with Crippen LogP contribution < -0.4 is 4.90 Å². The smallest absolute Gasteiger partial charge is 0.309 e. The Morgan fingerprint density at radius 2 is 1.94 bits per heavy atom. The van der Waals surface area contributed by atoms with Crippen molar-refractivity contribution in [3.8, 4) is 0 Å². The van der Waals surface area contributed by atoms with Crippen molar-refractivity contribution in [2.75, 3.05) is 24.6 Å². The first-order valence-electron chi connectivity index (χ1n) is 6.38. The van der Waals surface area contributed by atoms with Gasteiger partial charge in [0.25, 0.3) is 0 Å². The molecule has 0 spiro atoms. The van der Waals surface area contributed by atoms with Gasteiger partial charge < -0.3 is 9.64 Å². The van der Waals surface area contributed by atoms with Gasteiger partial charge in [-0.1, -0.05) is 11.6 Å². The SMILES string of the molecule is CCOC(=O)C1CCN(c2ccc(Cl)cc2)CC1. The van der Waals surface area contributed by atoms with E-state index in [1.54, 1.807) is 0 Å². The molecule has 1 aromatic carbocycles. The number of halogens is 1. The normalized spacial score (nSPS) is 16.7. The molecule has 98 valence electrons. The average molecular weight is 268 g/mol. The van der Waals surface area contributed by atoms with Gasteiger partial charge in [-0.15, -0.1) is 0 Å². The van der Waals surface area contributed by atoms with Crippen molar-refractivity contribution in [1.82, 2.24) is 0 Å². The van der Waals surface area contributed by atoms with Gasteiger partial charge in [0, 0.05) is 23.8 Å². The van der Waals surface area contributed by atoms with E-state index in [0.29, 0.717) is 6.61 Å². The molecule has 0 atom stereocenters. The maximum Gasteiger partial charge on any atom is 0.309 e. The molecule has 0 bridgehead atoms. The first-order chi connectivity index (χ1) is 8.70. The van der Waals surface area contributed by atoms with Crippen molar-refractivity contribution < 1.29 is 9.53 Å². The van der Waals surface area contributed by atoms with Crippen molar-refractivity contribution in [3.05, 3.63) is 29.3 Å². The van der Waals surface area contributed by atoms with Gasteiger partial charge in [0.05, 0.1) is 12.5 Å². The molecule has 1 aliphatic rings. The first kappa shape index (κ1) is 13.2. The molecule has 1 aromatic rings. The van der Waals surface area contributed by atoms with E-state index in [2.05, 4.69) is 4.90 Å². The number of hydrogen-bond donors (Lipinski definition) is 0. The number of carbonyl (C=O) groups excluding carboxylic acids is 1. The van der Waals surface area contributed by atoms with E-state index in [9.17, 15) is 4.79 Å². The Kier molecular flexibility index (Phi) is 4.48. The average Bonchev–Trinajstić information content (AvgIpc) is 2.40. The number of rotatable bonds is 3. The highest BCUT2D eigenvalue weighted by molar-refractivity contribution is 6.30. The van der Waals surface area contributed by atoms with Crippen molar-refractivity contribution in [2.45, 2.75) is 19.8 Å². The van der Waals surface area contributed by atoms with Crippen LogP contribution in [0.3, 0.4) is 0 Å². The van der Waals surface area contributed by atoms with Crippen molar-refractivity contribution >= 4 is 23.3 Å². The predicted molar refractivity (Wildman–Crippen MR) is 73.0 cm³/mol. The number of carbonyl (C=O) groups is 1. The third-order valence-corrected chi connectivity index (χ3v) is 3.56. The maximum absolute atomic E-state index is 11.6. The fourth-order valence-electron chi connectivity index (χ4n) is 2.29. The van der Waals surface area contributed by atoms with Gasteiger partial charge in [0.2, 0.25) is 0 Å². The van der Waals surface area contributed by atoms with E-state index >= 15 is 0 Å². The van der Waals surface area contributed by atoms with Crippen LogP contribution in [-0.4, -0.2) is 25.7 Å². The molecule has 0 unspecified atom stereocenters. The zero-order chi connectivity index (χ0) is 13.0. The zero-order valence-electron chi connectivity index (χ0n) is 10.6. The van der Waals surface area contributed by atoms with Crippen LogP contribution in [0.2, 0.25) is 5.02 Å². The topological polar surface area (TPSA) is 29.5 Å². The molecule has 0 aliphatic carbocycles. The van der Waals surface area contributed by atoms with Crippen LogP contribution in [0.25, 0.3) is 0 Å². The molecular weight excluding hydrogens is 250 g/mol. The summed E-state index contributed by atoms with van der Waals surface area (Å²) in [5.74, 6) is 0.0155. The Morgan fingerprint density at radius 3 is 2.50 bits per heavy atom. The zero-order valence-corrected chi connectivity index (χ0v) is 11.3. The lowest BCUT2D eigenvalue weighted by Crippen LogP contribution is -2.36. The molecule has 1 aliphatic heterocycles. The Bertz CT molecular complexity index is 397. The van der Waals surface area contributed by atoms with Gasteiger partial charge in [0.1, 0.15) is 0 Å². The van der Waals surface area contributed by atoms with Crippen LogP contribution in [0.4, 0.5) is 5.69 Å². The van der Waals surface area contributed by atoms with Gasteiger partial charge in [-0.05, 0) is 44.0 Å². The van der Waals surface area contributed by atoms with Gasteiger partial charge in [-0.25, -0.2) is 0 Å². The lowest BCUT2D eigenvalue weighted by atomic mass is 9.96. The van der Waals surface area contributed by atoms with Crippen LogP contribution in [0.5, 0.6) is 0 Å². The van der Waals surface area contributed by atoms with E-state index in [1.165, 1.54) is 5.69 Å². The fraction of sp³-hybridized carbons (Fsp3) is 0.500. The molecule has 0 saturated carbocycles. The van der Waals surface area contributed by atoms with E-state index in [0.717, 1.165) is 31.0 Å². The summed E-state index contributed by atoms with van der Waals surface area (Å²) >= 11 is 5.87. The van der Waals surface area contributed by atoms with Gasteiger partial charge in [-0.2, -0.15) is 0 Å². The molecule has 4 heteroatoms. The van der Waals surface area contributed by atoms with Gasteiger partial charge >= 0.3 is 5.97 Å². The summed E-state index contributed by atoms with van der Waals surface area (Å²) in [5, 5.41) is 0.750. The van der Waals surface area contributed by atoms with E-state index in [-0.39, 0.29) is 11.9 Å². The molecule has 18 heavy (non-hydrogen) atoms. The Morgan fingerprint density at radius 1 is 1.33 bits per heavy atom. The monoisotopic (exact) mass is 267 g/mol. The number of nitrogens with zero attached hydrogens (tertiary/aromatic N) is 1. The molecule has 1 fully saturated rings. The number of ether oxygens (including phenoxy) is 1. The highest BCUT2D eigenvalue weighted by Crippen LogP contribution is 2.25. The van der Waals surface area contributed by atoms with Crippen LogP contribution in [0.15, 0.2) is 24.3 Å². The second-order valence-corrected chi connectivity index (χ2v) is 4.93. The van der Waals surface area contributed by atoms with Crippen molar-refractivity contribution in [2.24, 2.45) is 5.92 Å². The standard InChI is InChI=1S/C14H18ClNO2/c1-2-18-14(17)11-7-9-16(10-8-11)13-5-3-12(15)4-6-13/h3-6,11H,2,7-10H2,1H3. The molecular formula is C14H18ClNO2. The fourth-order valence-corrected chi connectivity index (χ4v) is 2.41. The quantitative estimate of drug-likeness (QED) is 0.788. The molecule has 1 heterocycles. The minimum absolute atomic E-state index is 0.0479. The van der Waals surface area contributed by atoms with Gasteiger partial charge in [-0.3, -0.25) is 4.79 Å². The summed E-state index contributed by atoms with van der Waals surface area (Å²) in [7, 11) is 0. The van der Waals surface area contributed by atoms with Crippen LogP contribution >= 0.6 is 11.6 Å². The number of benzene rings is 1. The Balaban J connectivity index is 1.90. The van der Waals surface area contributed by atoms with Crippen molar-refractivity contribution in [1.29, 1.82) is 0 Å². The minimum Gasteiger partial charge on any atom is -0.466 e. The van der Waals surface area contributed by atoms with E-state index in [4.69, 9.17) is 16.3 Å². The third kappa shape index (κ3) is 3.16.